The molecule has 1 heterocycles. The molecule has 0 saturated heterocycles. The molecule has 0 saturated carbocycles. The molecule has 0 spiro atoms. The molecule has 340 valence electrons. The zero-order valence-electron chi connectivity index (χ0n) is 39.1. The van der Waals surface area contributed by atoms with E-state index in [1.54, 1.807) is 54.7 Å². The Balaban J connectivity index is 1.92. The molecule has 1 aliphatic rings. The lowest BCUT2D eigenvalue weighted by atomic mass is 9.89. The van der Waals surface area contributed by atoms with E-state index in [1.165, 1.54) is 25.0 Å². The second-order valence-electron chi connectivity index (χ2n) is 18.1. The van der Waals surface area contributed by atoms with Gasteiger partial charge in [0.1, 0.15) is 0 Å². The fraction of sp³-hybridized carbons (Fsp3) is 0.480. The molecule has 4 rings (SSSR count). The predicted octanol–water partition coefficient (Wildman–Crippen LogP) is 11.1. The topological polar surface area (TPSA) is 112 Å². The van der Waals surface area contributed by atoms with Crippen molar-refractivity contribution >= 4 is 36.1 Å². The maximum Gasteiger partial charge on any atom is 0.244 e. The Kier molecular flexibility index (Phi) is 17.6. The summed E-state index contributed by atoms with van der Waals surface area (Å²) in [5.74, 6) is 0.0461. The SMILES string of the molecule is C=Cc1ccc(S(=O)(=O)N2C/C=C/CN(S(=O)(=O)c3c(C(C)C)cc(C(C)C)cc3C(C)C)C/C=C/CN(S(=O)(=O)c3c(C(C)C)cc(C(C)C)cc3C(C)C)C/C=C/C2)cc1. The minimum absolute atomic E-state index is 0.0351. The number of hydrogen-bond donors (Lipinski definition) is 0. The highest BCUT2D eigenvalue weighted by molar-refractivity contribution is 7.89. The number of rotatable bonds is 13. The first kappa shape index (κ1) is 51.0. The van der Waals surface area contributed by atoms with E-state index in [0.717, 1.165) is 38.9 Å². The van der Waals surface area contributed by atoms with Crippen LogP contribution in [0.3, 0.4) is 0 Å². The average molecular weight is 906 g/mol. The van der Waals surface area contributed by atoms with Crippen molar-refractivity contribution in [1.82, 2.24) is 12.9 Å². The molecule has 3 aromatic carbocycles. The van der Waals surface area contributed by atoms with Crippen LogP contribution in [-0.2, 0) is 30.1 Å². The minimum atomic E-state index is -4.14. The average Bonchev–Trinajstić information content (AvgIpc) is 3.21. The summed E-state index contributed by atoms with van der Waals surface area (Å²) in [6, 6.07) is 14.5. The smallest absolute Gasteiger partial charge is 0.207 e. The van der Waals surface area contributed by atoms with Gasteiger partial charge < -0.3 is 0 Å². The number of sulfonamides is 3. The van der Waals surface area contributed by atoms with E-state index in [-0.39, 0.29) is 79.7 Å². The van der Waals surface area contributed by atoms with Crippen LogP contribution in [0.2, 0.25) is 0 Å². The molecule has 0 fully saturated rings. The highest BCUT2D eigenvalue weighted by atomic mass is 32.2. The Labute approximate surface area is 375 Å². The van der Waals surface area contributed by atoms with E-state index in [9.17, 15) is 8.42 Å². The fourth-order valence-corrected chi connectivity index (χ4v) is 12.9. The summed E-state index contributed by atoms with van der Waals surface area (Å²) in [6.45, 7) is 28.0. The highest BCUT2D eigenvalue weighted by Gasteiger charge is 2.34. The molecule has 62 heavy (non-hydrogen) atoms. The maximum atomic E-state index is 15.1. The zero-order valence-corrected chi connectivity index (χ0v) is 41.5. The van der Waals surface area contributed by atoms with Crippen LogP contribution in [0.5, 0.6) is 0 Å². The Morgan fingerprint density at radius 2 is 0.677 bits per heavy atom. The van der Waals surface area contributed by atoms with E-state index in [2.05, 4.69) is 34.3 Å². The molecule has 0 bridgehead atoms. The molecule has 0 amide bonds. The molecular formula is C50H71N3O6S3. The van der Waals surface area contributed by atoms with Crippen molar-refractivity contribution in [2.75, 3.05) is 39.3 Å². The van der Waals surface area contributed by atoms with E-state index < -0.39 is 30.1 Å². The molecule has 9 nitrogen and oxygen atoms in total. The summed E-state index contributed by atoms with van der Waals surface area (Å²) in [5, 5.41) is 0. The van der Waals surface area contributed by atoms with Gasteiger partial charge in [0.25, 0.3) is 0 Å². The van der Waals surface area contributed by atoms with Crippen molar-refractivity contribution in [2.45, 2.75) is 133 Å². The van der Waals surface area contributed by atoms with Gasteiger partial charge in [-0.25, -0.2) is 25.3 Å². The van der Waals surface area contributed by atoms with Crippen LogP contribution in [-0.4, -0.2) is 77.4 Å². The van der Waals surface area contributed by atoms with Gasteiger partial charge in [-0.1, -0.05) is 169 Å². The quantitative estimate of drug-likeness (QED) is 0.158. The van der Waals surface area contributed by atoms with Gasteiger partial charge in [-0.15, -0.1) is 0 Å². The van der Waals surface area contributed by atoms with Crippen LogP contribution < -0.4 is 0 Å². The zero-order chi connectivity index (χ0) is 46.3. The number of benzene rings is 3. The summed E-state index contributed by atoms with van der Waals surface area (Å²) >= 11 is 0. The van der Waals surface area contributed by atoms with Gasteiger partial charge in [-0.2, -0.15) is 12.9 Å². The minimum Gasteiger partial charge on any atom is -0.207 e. The predicted molar refractivity (Wildman–Crippen MR) is 258 cm³/mol. The largest absolute Gasteiger partial charge is 0.244 e. The van der Waals surface area contributed by atoms with Crippen molar-refractivity contribution in [3.63, 3.8) is 0 Å². The van der Waals surface area contributed by atoms with Crippen molar-refractivity contribution in [2.24, 2.45) is 0 Å². The summed E-state index contributed by atoms with van der Waals surface area (Å²) in [7, 11) is -12.3. The summed E-state index contributed by atoms with van der Waals surface area (Å²) < 4.78 is 92.8. The van der Waals surface area contributed by atoms with Crippen molar-refractivity contribution < 1.29 is 25.3 Å². The van der Waals surface area contributed by atoms with Gasteiger partial charge in [0.05, 0.1) is 14.7 Å². The molecular weight excluding hydrogens is 835 g/mol. The van der Waals surface area contributed by atoms with Crippen LogP contribution in [0.15, 0.2) is 106 Å². The third-order valence-electron chi connectivity index (χ3n) is 11.5. The molecule has 0 radical (unpaired) electrons. The van der Waals surface area contributed by atoms with Gasteiger partial charge in [-0.3, -0.25) is 0 Å². The van der Waals surface area contributed by atoms with Gasteiger partial charge >= 0.3 is 0 Å². The van der Waals surface area contributed by atoms with E-state index >= 15 is 16.8 Å². The van der Waals surface area contributed by atoms with Gasteiger partial charge in [0, 0.05) is 39.3 Å². The standard InChI is InChI=1S/C50H71N3O6S3/c1-14-41-21-23-44(24-22-41)60(54,55)51-25-15-17-27-52(61(56,57)49-45(37(6)7)31-42(35(2)3)32-46(49)38(8)9)29-19-20-30-53(28-18-16-26-51)62(58,59)50-47(39(10)11)33-43(36(4)5)34-48(50)40(12)13/h14-24,31-40H,1,25-30H2,2-13H3/b17-15+,18-16+,20-19+. The lowest BCUT2D eigenvalue weighted by molar-refractivity contribution is 0.462. The van der Waals surface area contributed by atoms with Crippen LogP contribution in [0, 0.1) is 0 Å². The van der Waals surface area contributed by atoms with Crippen LogP contribution in [0.4, 0.5) is 0 Å². The van der Waals surface area contributed by atoms with E-state index in [0.29, 0.717) is 9.79 Å². The monoisotopic (exact) mass is 905 g/mol. The molecule has 0 N–H and O–H groups in total. The fourth-order valence-electron chi connectivity index (χ4n) is 7.52. The molecule has 12 heteroatoms. The van der Waals surface area contributed by atoms with Crippen LogP contribution in [0.1, 0.15) is 158 Å². The molecule has 0 unspecified atom stereocenters. The Bertz CT molecular complexity index is 2270. The first-order chi connectivity index (χ1) is 29.0. The molecule has 1 aliphatic heterocycles. The van der Waals surface area contributed by atoms with Crippen LogP contribution >= 0.6 is 0 Å². The lowest BCUT2D eigenvalue weighted by Gasteiger charge is -2.28. The first-order valence-electron chi connectivity index (χ1n) is 22.0. The highest BCUT2D eigenvalue weighted by Crippen LogP contribution is 2.38. The van der Waals surface area contributed by atoms with Crippen molar-refractivity contribution in [3.8, 4) is 0 Å². The Morgan fingerprint density at radius 3 is 0.903 bits per heavy atom. The first-order valence-corrected chi connectivity index (χ1v) is 26.3. The molecule has 0 atom stereocenters. The summed E-state index contributed by atoms with van der Waals surface area (Å²) in [6.07, 6.45) is 11.8. The van der Waals surface area contributed by atoms with E-state index in [4.69, 9.17) is 0 Å². The summed E-state index contributed by atoms with van der Waals surface area (Å²) in [5.41, 5.74) is 5.91. The second kappa shape index (κ2) is 21.4. The number of nitrogens with zero attached hydrogens (tertiary/aromatic N) is 3. The number of hydrogen-bond acceptors (Lipinski definition) is 6. The Morgan fingerprint density at radius 1 is 0.419 bits per heavy atom. The van der Waals surface area contributed by atoms with Gasteiger partial charge in [0.2, 0.25) is 30.1 Å². The summed E-state index contributed by atoms with van der Waals surface area (Å²) in [4.78, 5) is 0.680. The molecule has 0 aromatic heterocycles. The molecule has 3 aromatic rings. The van der Waals surface area contributed by atoms with E-state index in [1.807, 2.05) is 79.7 Å². The third-order valence-corrected chi connectivity index (χ3v) is 17.2. The lowest BCUT2D eigenvalue weighted by Crippen LogP contribution is -2.34. The van der Waals surface area contributed by atoms with Crippen molar-refractivity contribution in [1.29, 1.82) is 0 Å². The maximum absolute atomic E-state index is 15.1. The second-order valence-corrected chi connectivity index (χ2v) is 23.8. The van der Waals surface area contributed by atoms with Crippen LogP contribution in [0.25, 0.3) is 6.08 Å². The Hall–Kier alpha value is -3.65. The van der Waals surface area contributed by atoms with Crippen molar-refractivity contribution in [3.05, 3.63) is 131 Å². The molecule has 0 aliphatic carbocycles. The third kappa shape index (κ3) is 11.7. The van der Waals surface area contributed by atoms with Gasteiger partial charge in [0.15, 0.2) is 0 Å². The normalized spacial score (nSPS) is 17.8. The van der Waals surface area contributed by atoms with Gasteiger partial charge in [-0.05, 0) is 86.6 Å².